The molecule has 0 radical (unpaired) electrons. The molecule has 2 aliphatic heterocycles. The molecule has 1 spiro atoms. The molecule has 170 valence electrons. The van der Waals surface area contributed by atoms with Gasteiger partial charge in [-0.25, -0.2) is 8.42 Å². The molecular formula is C25H25N3O4S. The number of benzene rings is 2. The van der Waals surface area contributed by atoms with Gasteiger partial charge in [0.15, 0.2) is 11.6 Å². The number of hydrogen-bond donors (Lipinski definition) is 1. The van der Waals surface area contributed by atoms with Gasteiger partial charge in [-0.15, -0.1) is 0 Å². The molecule has 33 heavy (non-hydrogen) atoms. The van der Waals surface area contributed by atoms with Crippen LogP contribution >= 0.6 is 0 Å². The van der Waals surface area contributed by atoms with Gasteiger partial charge in [0, 0.05) is 34.8 Å². The Labute approximate surface area is 192 Å². The smallest absolute Gasteiger partial charge is 0.266 e. The van der Waals surface area contributed by atoms with Gasteiger partial charge in [0.25, 0.3) is 10.0 Å². The Morgan fingerprint density at radius 2 is 2.00 bits per heavy atom. The van der Waals surface area contributed by atoms with E-state index in [1.807, 2.05) is 0 Å². The molecule has 5 aliphatic rings. The zero-order valence-electron chi connectivity index (χ0n) is 18.4. The van der Waals surface area contributed by atoms with Gasteiger partial charge in [0.2, 0.25) is 0 Å². The van der Waals surface area contributed by atoms with Gasteiger partial charge in [-0.3, -0.25) is 4.72 Å². The molecule has 4 fully saturated rings. The van der Waals surface area contributed by atoms with Crippen LogP contribution in [0.15, 0.2) is 51.9 Å². The number of methoxy groups -OCH3 is 1. The average molecular weight is 464 g/mol. The van der Waals surface area contributed by atoms with Crippen molar-refractivity contribution in [3.8, 4) is 17.1 Å². The molecule has 0 amide bonds. The van der Waals surface area contributed by atoms with Crippen molar-refractivity contribution < 1.29 is 17.7 Å². The van der Waals surface area contributed by atoms with Crippen molar-refractivity contribution in [2.45, 2.75) is 48.5 Å². The van der Waals surface area contributed by atoms with Gasteiger partial charge in [0.05, 0.1) is 7.11 Å². The maximum absolute atomic E-state index is 13.2. The van der Waals surface area contributed by atoms with Gasteiger partial charge < -0.3 is 14.2 Å². The Balaban J connectivity index is 1.29. The Bertz CT molecular complexity index is 1390. The van der Waals surface area contributed by atoms with E-state index in [2.05, 4.69) is 33.0 Å². The van der Waals surface area contributed by atoms with E-state index in [1.165, 1.54) is 37.3 Å². The topological polar surface area (TPSA) is 84.7 Å². The van der Waals surface area contributed by atoms with Crippen LogP contribution in [0.3, 0.4) is 0 Å². The quantitative estimate of drug-likeness (QED) is 0.606. The summed E-state index contributed by atoms with van der Waals surface area (Å²) in [7, 11) is -2.42. The first-order valence-corrected chi connectivity index (χ1v) is 13.0. The van der Waals surface area contributed by atoms with Crippen molar-refractivity contribution in [2.24, 2.45) is 5.92 Å². The summed E-state index contributed by atoms with van der Waals surface area (Å²) >= 11 is 0. The number of nitrogens with one attached hydrogen (secondary N) is 1. The molecule has 3 aliphatic carbocycles. The standard InChI is InChI=1S/C25H25N3O4S/c1-31-21-4-2-3-5-22(21)33(29,30)27-24-19-13-25(8-9-25)20-7-6-16(12-18(20)23(19)32-26-24)28-14-15-10-17(28)11-15/h2-7,12,15,17H,8-11,13-14H2,1H3,(H,26,27). The Kier molecular flexibility index (Phi) is 3.85. The molecule has 8 rings (SSSR count). The molecule has 8 heteroatoms. The fraction of sp³-hybridized carbons (Fsp3) is 0.400. The molecule has 3 aromatic rings. The van der Waals surface area contributed by atoms with Crippen LogP contribution in [0.5, 0.6) is 5.75 Å². The van der Waals surface area contributed by atoms with E-state index in [0.29, 0.717) is 17.6 Å². The van der Waals surface area contributed by atoms with Crippen molar-refractivity contribution in [3.63, 3.8) is 0 Å². The summed E-state index contributed by atoms with van der Waals surface area (Å²) in [6.07, 6.45) is 5.51. The molecule has 2 bridgehead atoms. The van der Waals surface area contributed by atoms with E-state index in [4.69, 9.17) is 9.26 Å². The summed E-state index contributed by atoms with van der Waals surface area (Å²) in [6.45, 7) is 1.13. The first kappa shape index (κ1) is 19.5. The third-order valence-electron chi connectivity index (χ3n) is 8.00. The number of sulfonamides is 1. The minimum absolute atomic E-state index is 0.0597. The fourth-order valence-corrected chi connectivity index (χ4v) is 7.23. The third kappa shape index (κ3) is 2.79. The predicted molar refractivity (Wildman–Crippen MR) is 124 cm³/mol. The van der Waals surface area contributed by atoms with E-state index in [0.717, 1.165) is 42.9 Å². The minimum Gasteiger partial charge on any atom is -0.495 e. The SMILES string of the molecule is COc1ccccc1S(=O)(=O)Nc1noc2c1CC1(CC1)c1ccc(N3CC4CC3C4)cc1-2. The second-order valence-corrected chi connectivity index (χ2v) is 11.6. The number of fused-ring (bicyclic) bond motifs is 5. The maximum atomic E-state index is 13.2. The minimum atomic E-state index is -3.88. The first-order chi connectivity index (χ1) is 16.0. The lowest BCUT2D eigenvalue weighted by Gasteiger charge is -2.30. The number of ether oxygens (including phenoxy) is 1. The maximum Gasteiger partial charge on any atom is 0.266 e. The van der Waals surface area contributed by atoms with E-state index >= 15 is 0 Å². The van der Waals surface area contributed by atoms with E-state index in [1.54, 1.807) is 18.2 Å². The first-order valence-electron chi connectivity index (χ1n) is 11.5. The normalized spacial score (nSPS) is 23.6. The van der Waals surface area contributed by atoms with Gasteiger partial charge in [-0.1, -0.05) is 23.4 Å². The van der Waals surface area contributed by atoms with Crippen LogP contribution in [-0.4, -0.2) is 33.3 Å². The highest BCUT2D eigenvalue weighted by atomic mass is 32.2. The molecule has 1 N–H and O–H groups in total. The number of nitrogens with zero attached hydrogens (tertiary/aromatic N) is 2. The van der Waals surface area contributed by atoms with Crippen molar-refractivity contribution in [1.29, 1.82) is 0 Å². The van der Waals surface area contributed by atoms with Crippen molar-refractivity contribution in [3.05, 3.63) is 53.6 Å². The van der Waals surface area contributed by atoms with Crippen LogP contribution in [0.2, 0.25) is 0 Å². The summed E-state index contributed by atoms with van der Waals surface area (Å²) < 4.78 is 40.1. The van der Waals surface area contributed by atoms with Crippen molar-refractivity contribution in [1.82, 2.24) is 5.16 Å². The molecular weight excluding hydrogens is 438 g/mol. The van der Waals surface area contributed by atoms with E-state index in [9.17, 15) is 8.42 Å². The second kappa shape index (κ2) is 6.53. The van der Waals surface area contributed by atoms with E-state index < -0.39 is 10.0 Å². The Morgan fingerprint density at radius 1 is 1.18 bits per heavy atom. The summed E-state index contributed by atoms with van der Waals surface area (Å²) in [5.41, 5.74) is 4.51. The second-order valence-electron chi connectivity index (χ2n) is 9.93. The van der Waals surface area contributed by atoms with Gasteiger partial charge >= 0.3 is 0 Å². The number of hydrogen-bond acceptors (Lipinski definition) is 6. The number of aromatic nitrogens is 1. The highest BCUT2D eigenvalue weighted by Crippen LogP contribution is 2.59. The zero-order chi connectivity index (χ0) is 22.4. The van der Waals surface area contributed by atoms with E-state index in [-0.39, 0.29) is 16.1 Å². The monoisotopic (exact) mass is 463 g/mol. The zero-order valence-corrected chi connectivity index (χ0v) is 19.2. The molecule has 1 aromatic heterocycles. The van der Waals surface area contributed by atoms with Crippen molar-refractivity contribution in [2.75, 3.05) is 23.3 Å². The summed E-state index contributed by atoms with van der Waals surface area (Å²) in [5, 5.41) is 4.19. The molecule has 0 atom stereocenters. The highest BCUT2D eigenvalue weighted by molar-refractivity contribution is 7.92. The molecule has 2 saturated heterocycles. The number of para-hydroxylation sites is 1. The molecule has 0 unspecified atom stereocenters. The van der Waals surface area contributed by atoms with Crippen LogP contribution < -0.4 is 14.4 Å². The molecule has 2 aromatic carbocycles. The number of anilines is 2. The van der Waals surface area contributed by atoms with Crippen LogP contribution in [0, 0.1) is 5.92 Å². The summed E-state index contributed by atoms with van der Waals surface area (Å²) in [5.74, 6) is 2.09. The van der Waals surface area contributed by atoms with Gasteiger partial charge in [-0.05, 0) is 67.9 Å². The average Bonchev–Trinajstić information content (AvgIpc) is 3.13. The lowest BCUT2D eigenvalue weighted by molar-refractivity contribution is 0.381. The lowest BCUT2D eigenvalue weighted by Crippen LogP contribution is -2.28. The molecule has 7 nitrogen and oxygen atoms in total. The predicted octanol–water partition coefficient (Wildman–Crippen LogP) is 4.34. The Morgan fingerprint density at radius 3 is 2.73 bits per heavy atom. The van der Waals surface area contributed by atoms with Crippen LogP contribution in [0.25, 0.3) is 11.3 Å². The number of rotatable bonds is 5. The molecule has 3 heterocycles. The van der Waals surface area contributed by atoms with Crippen LogP contribution in [-0.2, 0) is 21.9 Å². The highest BCUT2D eigenvalue weighted by Gasteiger charge is 2.51. The van der Waals surface area contributed by atoms with Crippen LogP contribution in [0.4, 0.5) is 11.5 Å². The third-order valence-corrected chi connectivity index (χ3v) is 9.38. The lowest BCUT2D eigenvalue weighted by atomic mass is 9.79. The van der Waals surface area contributed by atoms with Gasteiger partial charge in [0.1, 0.15) is 10.6 Å². The summed E-state index contributed by atoms with van der Waals surface area (Å²) in [4.78, 5) is 2.59. The Hall–Kier alpha value is -3.00. The largest absolute Gasteiger partial charge is 0.495 e. The van der Waals surface area contributed by atoms with Gasteiger partial charge in [-0.2, -0.15) is 0 Å². The summed E-state index contributed by atoms with van der Waals surface area (Å²) in [6, 6.07) is 14.0. The van der Waals surface area contributed by atoms with Crippen molar-refractivity contribution >= 4 is 21.5 Å². The molecule has 2 saturated carbocycles. The van der Waals surface area contributed by atoms with Crippen LogP contribution in [0.1, 0.15) is 36.8 Å². The fourth-order valence-electron chi connectivity index (χ4n) is 6.03.